The second-order valence-corrected chi connectivity index (χ2v) is 17.8. The van der Waals surface area contributed by atoms with Gasteiger partial charge >= 0.3 is 12.1 Å². The predicted octanol–water partition coefficient (Wildman–Crippen LogP) is 6.90. The molecule has 11 nitrogen and oxygen atoms in total. The van der Waals surface area contributed by atoms with Gasteiger partial charge < -0.3 is 33.5 Å². The molecule has 0 aromatic heterocycles. The van der Waals surface area contributed by atoms with Crippen molar-refractivity contribution in [2.24, 2.45) is 41.4 Å². The summed E-state index contributed by atoms with van der Waals surface area (Å²) in [6.07, 6.45) is 0.721. The van der Waals surface area contributed by atoms with Crippen LogP contribution in [0.3, 0.4) is 0 Å². The number of aliphatic carboxylic acids is 1. The van der Waals surface area contributed by atoms with Gasteiger partial charge in [0.25, 0.3) is 0 Å². The Morgan fingerprint density at radius 3 is 2.23 bits per heavy atom. The molecule has 2 aliphatic carbocycles. The molecule has 0 unspecified atom stereocenters. The molecule has 9 aliphatic rings. The number of carboxylic acid groups (broad SMARTS) is 1. The Hall–Kier alpha value is -1.52. The van der Waals surface area contributed by atoms with Gasteiger partial charge in [0.15, 0.2) is 23.5 Å². The first-order valence-electron chi connectivity index (χ1n) is 19.6. The van der Waals surface area contributed by atoms with Crippen molar-refractivity contribution in [2.75, 3.05) is 26.2 Å². The van der Waals surface area contributed by atoms with E-state index in [-0.39, 0.29) is 48.3 Å². The first-order valence-corrected chi connectivity index (χ1v) is 19.6. The van der Waals surface area contributed by atoms with E-state index in [1.807, 2.05) is 13.8 Å². The molecule has 1 N–H and O–H groups in total. The van der Waals surface area contributed by atoms with E-state index in [1.54, 1.807) is 11.8 Å². The second kappa shape index (κ2) is 12.8. The molecule has 7 aliphatic heterocycles. The number of allylic oxidation sites excluding steroid dienone is 1. The van der Waals surface area contributed by atoms with Gasteiger partial charge in [0, 0.05) is 37.1 Å². The van der Waals surface area contributed by atoms with Crippen molar-refractivity contribution in [3.8, 4) is 0 Å². The van der Waals surface area contributed by atoms with E-state index in [0.717, 1.165) is 32.1 Å². The molecule has 4 bridgehead atoms. The average Bonchev–Trinajstić information content (AvgIpc) is 3.13. The van der Waals surface area contributed by atoms with Crippen molar-refractivity contribution in [1.29, 1.82) is 0 Å². The van der Waals surface area contributed by atoms with Crippen LogP contribution in [0.1, 0.15) is 106 Å². The molecular weight excluding hydrogens is 687 g/mol. The highest BCUT2D eigenvalue weighted by atomic mass is 19.4. The lowest BCUT2D eigenvalue weighted by Gasteiger charge is -2.62. The van der Waals surface area contributed by atoms with Crippen LogP contribution in [0.2, 0.25) is 0 Å². The van der Waals surface area contributed by atoms with Gasteiger partial charge in [0.05, 0.1) is 13.2 Å². The average molecular weight is 744 g/mol. The lowest BCUT2D eigenvalue weighted by atomic mass is 9.57. The molecule has 2 saturated carbocycles. The number of carboxylic acids is 1. The van der Waals surface area contributed by atoms with Crippen LogP contribution in [0, 0.1) is 41.4 Å². The predicted molar refractivity (Wildman–Crippen MR) is 177 cm³/mol. The first kappa shape index (κ1) is 37.4. The third kappa shape index (κ3) is 5.78. The van der Waals surface area contributed by atoms with Crippen LogP contribution in [0.25, 0.3) is 0 Å². The second-order valence-electron chi connectivity index (χ2n) is 17.8. The summed E-state index contributed by atoms with van der Waals surface area (Å²) < 4.78 is 82.4. The molecule has 0 radical (unpaired) electrons. The molecule has 14 atom stereocenters. The van der Waals surface area contributed by atoms with Crippen LogP contribution < -0.4 is 0 Å². The SMILES string of the molecule is C[C@@H]1CC[C@H]2[C@@H](C)[C@@](C)(OCCCCN(CC(=O)O)CC3=C(C(F)(F)F)O[C@@H]4O[C@@]5(C)CC[C@H]6[C@H](C)CC[C@@H]3[C@@]46O5)O[C@@H]3O[C@@]4(C)CC[C@@H]1[C@]32OO4. The fourth-order valence-corrected chi connectivity index (χ4v) is 11.8. The number of fused-ring (bicyclic) bond motifs is 3. The number of halogens is 3. The molecule has 2 spiro atoms. The van der Waals surface area contributed by atoms with Crippen molar-refractivity contribution in [3.63, 3.8) is 0 Å². The smallest absolute Gasteiger partial charge is 0.449 e. The minimum absolute atomic E-state index is 0.0225. The molecule has 294 valence electrons. The van der Waals surface area contributed by atoms with Gasteiger partial charge in [-0.3, -0.25) is 9.69 Å². The van der Waals surface area contributed by atoms with Crippen molar-refractivity contribution in [2.45, 2.75) is 153 Å². The van der Waals surface area contributed by atoms with Gasteiger partial charge in [-0.15, -0.1) is 0 Å². The Kier molecular flexibility index (Phi) is 9.18. The van der Waals surface area contributed by atoms with Gasteiger partial charge in [-0.05, 0) is 108 Å². The fourth-order valence-electron chi connectivity index (χ4n) is 11.8. The molecule has 52 heavy (non-hydrogen) atoms. The summed E-state index contributed by atoms with van der Waals surface area (Å²) in [5.74, 6) is -4.71. The number of alkyl halides is 3. The third-order valence-corrected chi connectivity index (χ3v) is 14.5. The monoisotopic (exact) mass is 743 g/mol. The number of hydrogen-bond donors (Lipinski definition) is 1. The molecular formula is C38H56F3NO10. The van der Waals surface area contributed by atoms with Crippen molar-refractivity contribution >= 4 is 5.97 Å². The molecule has 6 saturated heterocycles. The Balaban J connectivity index is 0.957. The van der Waals surface area contributed by atoms with Gasteiger partial charge in [-0.25, -0.2) is 9.78 Å². The van der Waals surface area contributed by atoms with Crippen molar-refractivity contribution in [3.05, 3.63) is 11.3 Å². The Morgan fingerprint density at radius 1 is 0.846 bits per heavy atom. The number of ether oxygens (including phenoxy) is 6. The highest BCUT2D eigenvalue weighted by Crippen LogP contribution is 2.65. The van der Waals surface area contributed by atoms with Gasteiger partial charge in [0.1, 0.15) is 5.60 Å². The van der Waals surface area contributed by atoms with Crippen molar-refractivity contribution in [1.82, 2.24) is 4.90 Å². The molecule has 0 amide bonds. The third-order valence-electron chi connectivity index (χ3n) is 14.5. The van der Waals surface area contributed by atoms with E-state index in [4.69, 9.17) is 38.2 Å². The van der Waals surface area contributed by atoms with Gasteiger partial charge in [-0.2, -0.15) is 13.2 Å². The zero-order valence-corrected chi connectivity index (χ0v) is 31.3. The summed E-state index contributed by atoms with van der Waals surface area (Å²) in [4.78, 5) is 25.8. The van der Waals surface area contributed by atoms with Crippen LogP contribution in [0.4, 0.5) is 13.2 Å². The quantitative estimate of drug-likeness (QED) is 0.186. The van der Waals surface area contributed by atoms with Crippen LogP contribution in [-0.2, 0) is 43.0 Å². The summed E-state index contributed by atoms with van der Waals surface area (Å²) in [6.45, 7) is 12.1. The van der Waals surface area contributed by atoms with E-state index in [9.17, 15) is 23.1 Å². The Bertz CT molecular complexity index is 1450. The molecule has 9 rings (SSSR count). The van der Waals surface area contributed by atoms with Gasteiger partial charge in [0.2, 0.25) is 17.8 Å². The highest BCUT2D eigenvalue weighted by Gasteiger charge is 2.73. The maximum absolute atomic E-state index is 14.7. The zero-order valence-electron chi connectivity index (χ0n) is 31.3. The molecule has 0 aromatic rings. The minimum atomic E-state index is -4.77. The summed E-state index contributed by atoms with van der Waals surface area (Å²) in [6, 6.07) is 0. The standard InChI is InChI=1S/C38H56F3NO10/c1-21-10-12-28-24(30(38(39,40)41)46-31-36(28)25(21)13-15-33(4,47-31)50-36)19-42(20-29(43)44)17-7-8-18-45-35(6)23(3)27-11-9-22(2)26-14-16-34(5)48-32(49-35)37(26,27)52-51-34/h21-23,25-28,31-32H,7-20H2,1-6H3,(H,43,44)/t21-,22-,23-,25+,26+,27+,28+,31-,32+,33-,34-,35+,36-,37-/m1/s1. The molecule has 8 fully saturated rings. The number of nitrogens with zero attached hydrogens (tertiary/aromatic N) is 1. The maximum atomic E-state index is 14.7. The first-order chi connectivity index (χ1) is 24.4. The lowest BCUT2D eigenvalue weighted by Crippen LogP contribution is -2.72. The van der Waals surface area contributed by atoms with E-state index in [1.165, 1.54) is 0 Å². The van der Waals surface area contributed by atoms with E-state index in [2.05, 4.69) is 20.8 Å². The normalized spacial score (nSPS) is 49.3. The summed E-state index contributed by atoms with van der Waals surface area (Å²) in [5, 5.41) is 9.85. The maximum Gasteiger partial charge on any atom is 0.449 e. The van der Waals surface area contributed by atoms with Crippen molar-refractivity contribution < 1.29 is 61.3 Å². The Labute approximate surface area is 304 Å². The molecule has 0 aromatic carbocycles. The van der Waals surface area contributed by atoms with Crippen LogP contribution >= 0.6 is 0 Å². The highest BCUT2D eigenvalue weighted by molar-refractivity contribution is 5.69. The Morgan fingerprint density at radius 2 is 1.52 bits per heavy atom. The van der Waals surface area contributed by atoms with E-state index >= 15 is 0 Å². The fraction of sp³-hybridized carbons (Fsp3) is 0.921. The molecule has 14 heteroatoms. The summed E-state index contributed by atoms with van der Waals surface area (Å²) in [7, 11) is 0. The zero-order chi connectivity index (χ0) is 37.1. The van der Waals surface area contributed by atoms with Crippen LogP contribution in [-0.4, -0.2) is 89.5 Å². The van der Waals surface area contributed by atoms with Crippen LogP contribution in [0.15, 0.2) is 11.3 Å². The minimum Gasteiger partial charge on any atom is -0.480 e. The topological polar surface area (TPSA) is 114 Å². The number of rotatable bonds is 10. The van der Waals surface area contributed by atoms with E-state index in [0.29, 0.717) is 44.6 Å². The largest absolute Gasteiger partial charge is 0.480 e. The summed E-state index contributed by atoms with van der Waals surface area (Å²) in [5.41, 5.74) is -1.67. The van der Waals surface area contributed by atoms with E-state index < -0.39 is 71.5 Å². The number of unbranched alkanes of at least 4 members (excludes halogenated alkanes) is 1. The lowest BCUT2D eigenvalue weighted by molar-refractivity contribution is -0.585. The summed E-state index contributed by atoms with van der Waals surface area (Å²) >= 11 is 0. The van der Waals surface area contributed by atoms with Gasteiger partial charge in [-0.1, -0.05) is 20.8 Å². The molecule has 7 heterocycles. The number of carbonyl (C=O) groups is 1. The number of hydrogen-bond acceptors (Lipinski definition) is 10. The van der Waals surface area contributed by atoms with Crippen LogP contribution in [0.5, 0.6) is 0 Å².